The monoisotopic (exact) mass is 344 g/mol. The van der Waals surface area contributed by atoms with Crippen LogP contribution in [-0.2, 0) is 0 Å². The minimum absolute atomic E-state index is 0.147. The summed E-state index contributed by atoms with van der Waals surface area (Å²) in [5.41, 5.74) is 0. The molecular formula is C18H29FSe. The van der Waals surface area contributed by atoms with Crippen LogP contribution in [0.2, 0.25) is 4.82 Å². The van der Waals surface area contributed by atoms with Gasteiger partial charge in [0.05, 0.1) is 0 Å². The third-order valence-corrected chi connectivity index (χ3v) is 6.20. The number of benzene rings is 1. The van der Waals surface area contributed by atoms with E-state index >= 15 is 0 Å². The van der Waals surface area contributed by atoms with Gasteiger partial charge < -0.3 is 0 Å². The van der Waals surface area contributed by atoms with Crippen LogP contribution in [0.5, 0.6) is 0 Å². The topological polar surface area (TPSA) is 0 Å². The van der Waals surface area contributed by atoms with E-state index in [1.54, 1.807) is 0 Å². The average molecular weight is 343 g/mol. The van der Waals surface area contributed by atoms with Crippen LogP contribution in [0.25, 0.3) is 0 Å². The molecule has 1 unspecified atom stereocenters. The maximum absolute atomic E-state index is 13.1. The van der Waals surface area contributed by atoms with Gasteiger partial charge in [0.1, 0.15) is 0 Å². The molecule has 0 bridgehead atoms. The van der Waals surface area contributed by atoms with Crippen LogP contribution in [0, 0.1) is 0 Å². The van der Waals surface area contributed by atoms with Gasteiger partial charge in [-0.25, -0.2) is 0 Å². The second-order valence-corrected chi connectivity index (χ2v) is 8.35. The molecule has 1 atom stereocenters. The molecule has 0 spiro atoms. The van der Waals surface area contributed by atoms with Crippen LogP contribution in [0.15, 0.2) is 30.3 Å². The van der Waals surface area contributed by atoms with Crippen LogP contribution in [0.4, 0.5) is 4.39 Å². The number of hydrogen-bond acceptors (Lipinski definition) is 0. The number of rotatable bonds is 12. The van der Waals surface area contributed by atoms with Crippen molar-refractivity contribution in [3.05, 3.63) is 30.3 Å². The van der Waals surface area contributed by atoms with Gasteiger partial charge in [0, 0.05) is 0 Å². The van der Waals surface area contributed by atoms with Crippen molar-refractivity contribution in [2.75, 3.05) is 6.67 Å². The van der Waals surface area contributed by atoms with Gasteiger partial charge in [-0.1, -0.05) is 0 Å². The Hall–Kier alpha value is -0.331. The summed E-state index contributed by atoms with van der Waals surface area (Å²) in [4.78, 5) is 0.282. The van der Waals surface area contributed by atoms with Crippen LogP contribution in [0.3, 0.4) is 0 Å². The Balaban J connectivity index is 2.04. The first-order valence-electron chi connectivity index (χ1n) is 8.14. The summed E-state index contributed by atoms with van der Waals surface area (Å²) in [5.74, 6) is 0. The van der Waals surface area contributed by atoms with E-state index in [0.717, 1.165) is 6.42 Å². The molecule has 114 valence electrons. The minimum atomic E-state index is -0.147. The molecule has 1 aromatic rings. The zero-order chi connectivity index (χ0) is 14.5. The average Bonchev–Trinajstić information content (AvgIpc) is 2.49. The van der Waals surface area contributed by atoms with Crippen molar-refractivity contribution in [3.63, 3.8) is 0 Å². The van der Waals surface area contributed by atoms with Crippen molar-refractivity contribution >= 4 is 19.4 Å². The third kappa shape index (κ3) is 8.76. The zero-order valence-corrected chi connectivity index (χ0v) is 14.5. The Kier molecular flexibility index (Phi) is 11.0. The Morgan fingerprint density at radius 3 is 2.10 bits per heavy atom. The first kappa shape index (κ1) is 17.7. The molecule has 1 aromatic carbocycles. The molecule has 2 heteroatoms. The van der Waals surface area contributed by atoms with Gasteiger partial charge in [-0.05, 0) is 0 Å². The van der Waals surface area contributed by atoms with E-state index in [-0.39, 0.29) is 11.5 Å². The fourth-order valence-electron chi connectivity index (χ4n) is 2.36. The fourth-order valence-corrected chi connectivity index (χ4v) is 4.56. The Labute approximate surface area is 130 Å². The molecule has 0 fully saturated rings. The zero-order valence-electron chi connectivity index (χ0n) is 12.8. The summed E-state index contributed by atoms with van der Waals surface area (Å²) in [6.07, 6.45) is 11.7. The van der Waals surface area contributed by atoms with Gasteiger partial charge in [0.2, 0.25) is 0 Å². The van der Waals surface area contributed by atoms with Gasteiger partial charge in [-0.15, -0.1) is 0 Å². The number of hydrogen-bond donors (Lipinski definition) is 0. The molecule has 0 aliphatic rings. The van der Waals surface area contributed by atoms with Crippen LogP contribution in [0.1, 0.15) is 64.7 Å². The molecule has 0 N–H and O–H groups in total. The first-order chi connectivity index (χ1) is 9.86. The summed E-state index contributed by atoms with van der Waals surface area (Å²) >= 11 is 0.303. The molecule has 0 saturated heterocycles. The molecular weight excluding hydrogens is 314 g/mol. The maximum atomic E-state index is 13.1. The second kappa shape index (κ2) is 12.4. The van der Waals surface area contributed by atoms with E-state index in [0.29, 0.717) is 15.0 Å². The van der Waals surface area contributed by atoms with Crippen molar-refractivity contribution in [2.24, 2.45) is 0 Å². The molecule has 0 amide bonds. The number of alkyl halides is 1. The van der Waals surface area contributed by atoms with Crippen molar-refractivity contribution in [3.8, 4) is 0 Å². The van der Waals surface area contributed by atoms with Crippen molar-refractivity contribution in [1.29, 1.82) is 0 Å². The first-order valence-corrected chi connectivity index (χ1v) is 9.99. The normalized spacial score (nSPS) is 12.5. The molecule has 0 nitrogen and oxygen atoms in total. The summed E-state index contributed by atoms with van der Waals surface area (Å²) in [6, 6.07) is 10.4. The van der Waals surface area contributed by atoms with E-state index in [2.05, 4.69) is 31.2 Å². The number of unbranched alkanes of at least 4 members (excludes halogenated alkanes) is 7. The van der Waals surface area contributed by atoms with Crippen molar-refractivity contribution in [1.82, 2.24) is 0 Å². The Morgan fingerprint density at radius 1 is 0.900 bits per heavy atom. The molecule has 0 aliphatic heterocycles. The van der Waals surface area contributed by atoms with E-state index < -0.39 is 0 Å². The SMILES string of the molecule is CCCCCCCCCCC(CF)[Se]c1ccccc1. The van der Waals surface area contributed by atoms with Crippen molar-refractivity contribution < 1.29 is 4.39 Å². The molecule has 0 saturated carbocycles. The van der Waals surface area contributed by atoms with Crippen molar-refractivity contribution in [2.45, 2.75) is 69.5 Å². The molecule has 0 radical (unpaired) electrons. The number of halogens is 1. The third-order valence-electron chi connectivity index (χ3n) is 3.60. The van der Waals surface area contributed by atoms with Gasteiger partial charge in [0.15, 0.2) is 0 Å². The van der Waals surface area contributed by atoms with Gasteiger partial charge in [-0.2, -0.15) is 0 Å². The predicted molar refractivity (Wildman–Crippen MR) is 88.8 cm³/mol. The molecule has 0 aliphatic carbocycles. The van der Waals surface area contributed by atoms with Gasteiger partial charge in [-0.3, -0.25) is 0 Å². The Bertz CT molecular complexity index is 312. The molecule has 0 heterocycles. The standard InChI is InChI=1S/C18H29FSe/c1-2-3-4-5-6-7-8-10-15-18(16-19)20-17-13-11-9-12-14-17/h9,11-14,18H,2-8,10,15-16H2,1H3. The molecule has 20 heavy (non-hydrogen) atoms. The van der Waals surface area contributed by atoms with Crippen LogP contribution >= 0.6 is 0 Å². The second-order valence-electron chi connectivity index (χ2n) is 5.47. The molecule has 0 aromatic heterocycles. The van der Waals surface area contributed by atoms with Crippen LogP contribution in [-0.4, -0.2) is 21.6 Å². The predicted octanol–water partition coefficient (Wildman–Crippen LogP) is 5.30. The summed E-state index contributed by atoms with van der Waals surface area (Å²) in [6.45, 7) is 2.11. The van der Waals surface area contributed by atoms with Crippen LogP contribution < -0.4 is 4.46 Å². The van der Waals surface area contributed by atoms with E-state index in [9.17, 15) is 4.39 Å². The Morgan fingerprint density at radius 2 is 1.50 bits per heavy atom. The van der Waals surface area contributed by atoms with Gasteiger partial charge >= 0.3 is 130 Å². The summed E-state index contributed by atoms with van der Waals surface area (Å²) in [5, 5.41) is 0. The van der Waals surface area contributed by atoms with E-state index in [4.69, 9.17) is 0 Å². The quantitative estimate of drug-likeness (QED) is 0.357. The van der Waals surface area contributed by atoms with E-state index in [1.165, 1.54) is 55.8 Å². The fraction of sp³-hybridized carbons (Fsp3) is 0.667. The summed E-state index contributed by atoms with van der Waals surface area (Å²) < 4.78 is 14.4. The van der Waals surface area contributed by atoms with Gasteiger partial charge in [0.25, 0.3) is 0 Å². The summed E-state index contributed by atoms with van der Waals surface area (Å²) in [7, 11) is 0. The molecule has 1 rings (SSSR count). The van der Waals surface area contributed by atoms with E-state index in [1.807, 2.05) is 6.07 Å².